The van der Waals surface area contributed by atoms with E-state index in [9.17, 15) is 5.26 Å². The second-order valence-electron chi connectivity index (χ2n) is 7.08. The fraction of sp³-hybridized carbons (Fsp3) is 0.0833. The van der Waals surface area contributed by atoms with Crippen LogP contribution < -0.4 is 5.32 Å². The number of anilines is 1. The van der Waals surface area contributed by atoms with Gasteiger partial charge < -0.3 is 5.32 Å². The lowest BCUT2D eigenvalue weighted by atomic mass is 10.0. The molecule has 0 amide bonds. The summed E-state index contributed by atoms with van der Waals surface area (Å²) in [6.45, 7) is 0.727. The van der Waals surface area contributed by atoms with Gasteiger partial charge in [0.1, 0.15) is 6.07 Å². The number of nitrogens with zero attached hydrogens (tertiary/aromatic N) is 4. The van der Waals surface area contributed by atoms with E-state index >= 15 is 0 Å². The van der Waals surface area contributed by atoms with Crippen LogP contribution in [0.15, 0.2) is 73.2 Å². The van der Waals surface area contributed by atoms with Crippen LogP contribution >= 0.6 is 0 Å². The van der Waals surface area contributed by atoms with Crippen LogP contribution in [0.2, 0.25) is 0 Å². The van der Waals surface area contributed by atoms with Crippen molar-refractivity contribution in [2.24, 2.45) is 0 Å². The molecule has 0 aliphatic rings. The number of hydrogen-bond donors (Lipinski definition) is 2. The largest absolute Gasteiger partial charge is 0.383 e. The fourth-order valence-corrected chi connectivity index (χ4v) is 3.62. The molecule has 0 aliphatic carbocycles. The smallest absolute Gasteiger partial charge is 0.155 e. The Morgan fingerprint density at radius 2 is 1.83 bits per heavy atom. The van der Waals surface area contributed by atoms with E-state index in [-0.39, 0.29) is 0 Å². The van der Waals surface area contributed by atoms with Crippen molar-refractivity contribution in [1.82, 2.24) is 20.2 Å². The van der Waals surface area contributed by atoms with Crippen molar-refractivity contribution in [3.8, 4) is 17.2 Å². The first-order valence-corrected chi connectivity index (χ1v) is 9.72. The molecular formula is C24H18N6. The predicted molar refractivity (Wildman–Crippen MR) is 118 cm³/mol. The molecule has 30 heavy (non-hydrogen) atoms. The second-order valence-corrected chi connectivity index (χ2v) is 7.08. The zero-order valence-corrected chi connectivity index (χ0v) is 16.1. The highest BCUT2D eigenvalue weighted by molar-refractivity contribution is 5.97. The Hall–Kier alpha value is -4.24. The third-order valence-corrected chi connectivity index (χ3v) is 5.17. The SMILES string of the molecule is N#Cc1cnc2ccc(-c3cnc4[nH]ncc4c3)cc2c1NCCc1ccccc1. The van der Waals surface area contributed by atoms with Gasteiger partial charge in [-0.1, -0.05) is 36.4 Å². The van der Waals surface area contributed by atoms with Crippen molar-refractivity contribution in [2.45, 2.75) is 6.42 Å². The molecule has 0 radical (unpaired) electrons. The Morgan fingerprint density at radius 1 is 0.933 bits per heavy atom. The standard InChI is InChI=1S/C24H18N6/c25-12-20-14-27-22-7-6-17(18-10-19-15-29-30-24(19)28-13-18)11-21(22)23(20)26-9-8-16-4-2-1-3-5-16/h1-7,10-11,13-15H,8-9H2,(H,26,27)(H,28,29,30). The summed E-state index contributed by atoms with van der Waals surface area (Å²) in [6.07, 6.45) is 6.09. The molecule has 2 aromatic carbocycles. The topological polar surface area (TPSA) is 90.3 Å². The van der Waals surface area contributed by atoms with Gasteiger partial charge in [0.2, 0.25) is 0 Å². The molecule has 3 heterocycles. The molecule has 0 saturated heterocycles. The monoisotopic (exact) mass is 390 g/mol. The summed E-state index contributed by atoms with van der Waals surface area (Å²) in [5.41, 5.74) is 6.22. The molecule has 0 aliphatic heterocycles. The molecular weight excluding hydrogens is 372 g/mol. The summed E-state index contributed by atoms with van der Waals surface area (Å²) in [5, 5.41) is 21.9. The van der Waals surface area contributed by atoms with Crippen LogP contribution in [-0.4, -0.2) is 26.7 Å². The van der Waals surface area contributed by atoms with Crippen LogP contribution in [0.3, 0.4) is 0 Å². The maximum atomic E-state index is 9.62. The van der Waals surface area contributed by atoms with Crippen molar-refractivity contribution in [3.63, 3.8) is 0 Å². The van der Waals surface area contributed by atoms with E-state index in [0.717, 1.165) is 51.7 Å². The van der Waals surface area contributed by atoms with Crippen LogP contribution in [0, 0.1) is 11.3 Å². The first kappa shape index (κ1) is 17.8. The molecule has 0 spiro atoms. The maximum absolute atomic E-state index is 9.62. The van der Waals surface area contributed by atoms with Crippen LogP contribution in [0.25, 0.3) is 33.1 Å². The van der Waals surface area contributed by atoms with Crippen molar-refractivity contribution in [1.29, 1.82) is 5.26 Å². The lowest BCUT2D eigenvalue weighted by Crippen LogP contribution is -2.07. The summed E-state index contributed by atoms with van der Waals surface area (Å²) in [4.78, 5) is 8.90. The number of pyridine rings is 2. The summed E-state index contributed by atoms with van der Waals surface area (Å²) < 4.78 is 0. The Morgan fingerprint density at radius 3 is 2.70 bits per heavy atom. The van der Waals surface area contributed by atoms with Crippen LogP contribution in [0.4, 0.5) is 5.69 Å². The highest BCUT2D eigenvalue weighted by Gasteiger charge is 2.11. The summed E-state index contributed by atoms with van der Waals surface area (Å²) >= 11 is 0. The van der Waals surface area contributed by atoms with Gasteiger partial charge in [-0.3, -0.25) is 10.1 Å². The lowest BCUT2D eigenvalue weighted by Gasteiger charge is -2.13. The number of H-pyrrole nitrogens is 1. The van der Waals surface area contributed by atoms with Crippen LogP contribution in [-0.2, 0) is 6.42 Å². The number of hydrogen-bond acceptors (Lipinski definition) is 5. The van der Waals surface area contributed by atoms with E-state index in [0.29, 0.717) is 5.56 Å². The number of benzene rings is 2. The van der Waals surface area contributed by atoms with Crippen LogP contribution in [0.1, 0.15) is 11.1 Å². The Bertz CT molecular complexity index is 1380. The summed E-state index contributed by atoms with van der Waals surface area (Å²) in [6, 6.07) is 20.7. The number of nitriles is 1. The van der Waals surface area contributed by atoms with E-state index in [4.69, 9.17) is 0 Å². The van der Waals surface area contributed by atoms with Gasteiger partial charge in [-0.2, -0.15) is 10.4 Å². The number of aromatic nitrogens is 4. The van der Waals surface area contributed by atoms with Gasteiger partial charge in [-0.15, -0.1) is 0 Å². The Balaban J connectivity index is 1.52. The molecule has 6 heteroatoms. The van der Waals surface area contributed by atoms with Crippen molar-refractivity contribution in [3.05, 3.63) is 84.3 Å². The van der Waals surface area contributed by atoms with Gasteiger partial charge in [0.15, 0.2) is 5.65 Å². The summed E-state index contributed by atoms with van der Waals surface area (Å²) in [5.74, 6) is 0. The highest BCUT2D eigenvalue weighted by atomic mass is 15.1. The third-order valence-electron chi connectivity index (χ3n) is 5.17. The number of aromatic amines is 1. The van der Waals surface area contributed by atoms with Gasteiger partial charge >= 0.3 is 0 Å². The average Bonchev–Trinajstić information content (AvgIpc) is 3.27. The van der Waals surface area contributed by atoms with E-state index < -0.39 is 0 Å². The molecule has 0 saturated carbocycles. The van der Waals surface area contributed by atoms with Crippen LogP contribution in [0.5, 0.6) is 0 Å². The minimum atomic E-state index is 0.538. The second kappa shape index (κ2) is 7.64. The predicted octanol–water partition coefficient (Wildman–Crippen LogP) is 4.70. The van der Waals surface area contributed by atoms with Crippen molar-refractivity contribution < 1.29 is 0 Å². The molecule has 5 aromatic rings. The maximum Gasteiger partial charge on any atom is 0.155 e. The Labute approximate surface area is 173 Å². The van der Waals surface area contributed by atoms with Gasteiger partial charge in [0.05, 0.1) is 23.0 Å². The first-order valence-electron chi connectivity index (χ1n) is 9.72. The normalized spacial score (nSPS) is 10.9. The van der Waals surface area contributed by atoms with Gasteiger partial charge in [-0.25, -0.2) is 4.98 Å². The lowest BCUT2D eigenvalue weighted by molar-refractivity contribution is 1.02. The quantitative estimate of drug-likeness (QED) is 0.454. The van der Waals surface area contributed by atoms with E-state index in [2.05, 4.69) is 55.8 Å². The van der Waals surface area contributed by atoms with E-state index in [1.165, 1.54) is 5.56 Å². The zero-order valence-electron chi connectivity index (χ0n) is 16.1. The Kier molecular flexibility index (Phi) is 4.54. The molecule has 0 fully saturated rings. The molecule has 6 nitrogen and oxygen atoms in total. The summed E-state index contributed by atoms with van der Waals surface area (Å²) in [7, 11) is 0. The molecule has 0 atom stereocenters. The average molecular weight is 390 g/mol. The first-order chi connectivity index (χ1) is 14.8. The van der Waals surface area contributed by atoms with E-state index in [1.807, 2.05) is 36.5 Å². The number of rotatable bonds is 5. The zero-order chi connectivity index (χ0) is 20.3. The van der Waals surface area contributed by atoms with Gasteiger partial charge in [0.25, 0.3) is 0 Å². The number of fused-ring (bicyclic) bond motifs is 2. The molecule has 0 bridgehead atoms. The third kappa shape index (κ3) is 3.33. The minimum Gasteiger partial charge on any atom is -0.383 e. The molecule has 3 aromatic heterocycles. The van der Waals surface area contributed by atoms with E-state index in [1.54, 1.807) is 12.4 Å². The van der Waals surface area contributed by atoms with Crippen molar-refractivity contribution in [2.75, 3.05) is 11.9 Å². The highest BCUT2D eigenvalue weighted by Crippen LogP contribution is 2.31. The van der Waals surface area contributed by atoms with Gasteiger partial charge in [-0.05, 0) is 35.7 Å². The molecule has 2 N–H and O–H groups in total. The van der Waals surface area contributed by atoms with Gasteiger partial charge in [0, 0.05) is 35.3 Å². The molecule has 0 unspecified atom stereocenters. The van der Waals surface area contributed by atoms with Crippen molar-refractivity contribution >= 4 is 27.6 Å². The number of nitrogens with one attached hydrogen (secondary N) is 2. The molecule has 144 valence electrons. The fourth-order valence-electron chi connectivity index (χ4n) is 3.62. The molecule has 5 rings (SSSR count). The minimum absolute atomic E-state index is 0.538.